The number of hydrogen-bond acceptors (Lipinski definition) is 6. The van der Waals surface area contributed by atoms with Crippen molar-refractivity contribution in [2.24, 2.45) is 0 Å². The molecule has 1 saturated heterocycles. The fourth-order valence-electron chi connectivity index (χ4n) is 3.66. The van der Waals surface area contributed by atoms with Crippen molar-refractivity contribution in [1.82, 2.24) is 20.2 Å². The Bertz CT molecular complexity index is 1090. The normalized spacial score (nSPS) is 18.6. The Labute approximate surface area is 193 Å². The summed E-state index contributed by atoms with van der Waals surface area (Å²) in [7, 11) is 1.99. The van der Waals surface area contributed by atoms with Gasteiger partial charge in [-0.25, -0.2) is 9.97 Å². The van der Waals surface area contributed by atoms with Gasteiger partial charge in [0.15, 0.2) is 0 Å². The van der Waals surface area contributed by atoms with E-state index in [0.29, 0.717) is 30.8 Å². The smallest absolute Gasteiger partial charge is 0.255 e. The highest BCUT2D eigenvalue weighted by atomic mass is 79.9. The number of carbonyl (C=O) groups excluding carboxylic acids is 1. The number of anilines is 1. The number of nitrogens with zero attached hydrogens (tertiary/aromatic N) is 3. The summed E-state index contributed by atoms with van der Waals surface area (Å²) in [5.41, 5.74) is 8.57. The molecule has 7 nitrogen and oxygen atoms in total. The number of rotatable bonds is 6. The number of amides is 1. The van der Waals surface area contributed by atoms with E-state index in [4.69, 9.17) is 10.5 Å². The number of carbonyl (C=O) groups is 1. The van der Waals surface area contributed by atoms with Gasteiger partial charge in [0.05, 0.1) is 24.3 Å². The Hall–Kier alpha value is -2.88. The lowest BCUT2D eigenvalue weighted by molar-refractivity contribution is 0.0323. The molecule has 3 aromatic rings. The number of hydrogen-bond donors (Lipinski definition) is 2. The summed E-state index contributed by atoms with van der Waals surface area (Å²) < 4.78 is 20.3. The quantitative estimate of drug-likeness (QED) is 0.505. The van der Waals surface area contributed by atoms with E-state index in [2.05, 4.69) is 36.1 Å². The zero-order valence-electron chi connectivity index (χ0n) is 17.5. The molecule has 0 saturated carbocycles. The lowest BCUT2D eigenvalue weighted by Crippen LogP contribution is -2.44. The van der Waals surface area contributed by atoms with Crippen molar-refractivity contribution in [2.75, 3.05) is 25.9 Å². The molecule has 1 amide bonds. The first kappa shape index (κ1) is 22.3. The molecule has 3 N–H and O–H groups in total. The van der Waals surface area contributed by atoms with Crippen molar-refractivity contribution in [3.05, 3.63) is 76.4 Å². The van der Waals surface area contributed by atoms with Gasteiger partial charge in [0.1, 0.15) is 5.82 Å². The van der Waals surface area contributed by atoms with Crippen molar-refractivity contribution in [3.63, 3.8) is 0 Å². The SMILES string of the molecule is CN1C[C@H](NC(=O)c2cc(-c3ccc(F)nc3)cnc2N)[C@@H](OCc2ccc(Br)cc2)C1. The first-order valence-electron chi connectivity index (χ1n) is 10.1. The minimum Gasteiger partial charge on any atom is -0.383 e. The number of benzene rings is 1. The maximum absolute atomic E-state index is 13.1. The summed E-state index contributed by atoms with van der Waals surface area (Å²) in [6.07, 6.45) is 2.77. The standard InChI is InChI=1S/C23H23BrFN5O2/c1-30-11-19(20(12-30)32-13-14-2-5-17(24)6-3-14)29-23(31)18-8-16(10-28-22(18)26)15-4-7-21(25)27-9-15/h2-10,19-20H,11-13H2,1H3,(H2,26,28)(H,29,31)/t19-,20-/m0/s1. The van der Waals surface area contributed by atoms with Crippen LogP contribution < -0.4 is 11.1 Å². The van der Waals surface area contributed by atoms with E-state index in [-0.39, 0.29) is 29.4 Å². The summed E-state index contributed by atoms with van der Waals surface area (Å²) in [6, 6.07) is 12.2. The summed E-state index contributed by atoms with van der Waals surface area (Å²) in [4.78, 5) is 22.9. The Morgan fingerprint density at radius 2 is 1.94 bits per heavy atom. The second kappa shape index (κ2) is 9.72. The molecule has 32 heavy (non-hydrogen) atoms. The topological polar surface area (TPSA) is 93.4 Å². The maximum Gasteiger partial charge on any atom is 0.255 e. The van der Waals surface area contributed by atoms with Crippen molar-refractivity contribution in [2.45, 2.75) is 18.8 Å². The zero-order chi connectivity index (χ0) is 22.7. The van der Waals surface area contributed by atoms with Gasteiger partial charge in [0, 0.05) is 41.1 Å². The van der Waals surface area contributed by atoms with Crippen molar-refractivity contribution in [1.29, 1.82) is 0 Å². The first-order chi connectivity index (χ1) is 15.4. The van der Waals surface area contributed by atoms with Crippen LogP contribution in [0.3, 0.4) is 0 Å². The van der Waals surface area contributed by atoms with Gasteiger partial charge in [-0.2, -0.15) is 4.39 Å². The summed E-state index contributed by atoms with van der Waals surface area (Å²) in [5.74, 6) is -0.779. The zero-order valence-corrected chi connectivity index (χ0v) is 19.0. The number of aromatic nitrogens is 2. The average Bonchev–Trinajstić information content (AvgIpc) is 3.13. The number of nitrogens with one attached hydrogen (secondary N) is 1. The van der Waals surface area contributed by atoms with Gasteiger partial charge in [0.25, 0.3) is 5.91 Å². The van der Waals surface area contributed by atoms with Crippen LogP contribution in [0.15, 0.2) is 59.3 Å². The van der Waals surface area contributed by atoms with Gasteiger partial charge >= 0.3 is 0 Å². The molecule has 3 heterocycles. The van der Waals surface area contributed by atoms with Crippen LogP contribution in [0, 0.1) is 5.95 Å². The predicted octanol–water partition coefficient (Wildman–Crippen LogP) is 3.26. The van der Waals surface area contributed by atoms with E-state index in [1.54, 1.807) is 12.1 Å². The minimum absolute atomic E-state index is 0.125. The van der Waals surface area contributed by atoms with Crippen LogP contribution in [0.5, 0.6) is 0 Å². The largest absolute Gasteiger partial charge is 0.383 e. The van der Waals surface area contributed by atoms with Crippen LogP contribution in [-0.2, 0) is 11.3 Å². The first-order valence-corrected chi connectivity index (χ1v) is 10.9. The van der Waals surface area contributed by atoms with Crippen molar-refractivity contribution in [3.8, 4) is 11.1 Å². The highest BCUT2D eigenvalue weighted by Crippen LogP contribution is 2.22. The Balaban J connectivity index is 1.46. The van der Waals surface area contributed by atoms with E-state index in [1.807, 2.05) is 31.3 Å². The van der Waals surface area contributed by atoms with Crippen LogP contribution in [0.2, 0.25) is 0 Å². The molecule has 1 aromatic carbocycles. The molecule has 166 valence electrons. The Kier molecular flexibility index (Phi) is 6.78. The molecule has 1 fully saturated rings. The van der Waals surface area contributed by atoms with Gasteiger partial charge in [0.2, 0.25) is 5.95 Å². The van der Waals surface area contributed by atoms with Gasteiger partial charge in [-0.3, -0.25) is 4.79 Å². The minimum atomic E-state index is -0.574. The molecular weight excluding hydrogens is 477 g/mol. The van der Waals surface area contributed by atoms with Gasteiger partial charge in [-0.1, -0.05) is 28.1 Å². The lowest BCUT2D eigenvalue weighted by Gasteiger charge is -2.21. The third-order valence-corrected chi connectivity index (χ3v) is 5.90. The molecule has 9 heteroatoms. The molecule has 2 aromatic heterocycles. The Morgan fingerprint density at radius 1 is 1.19 bits per heavy atom. The van der Waals surface area contributed by atoms with Crippen molar-refractivity contribution >= 4 is 27.7 Å². The van der Waals surface area contributed by atoms with Crippen LogP contribution in [-0.4, -0.2) is 53.1 Å². The molecule has 0 aliphatic carbocycles. The summed E-state index contributed by atoms with van der Waals surface area (Å²) >= 11 is 3.43. The molecule has 0 spiro atoms. The number of likely N-dealkylation sites (tertiary alicyclic amines) is 1. The van der Waals surface area contributed by atoms with E-state index in [0.717, 1.165) is 10.0 Å². The van der Waals surface area contributed by atoms with Crippen LogP contribution >= 0.6 is 15.9 Å². The monoisotopic (exact) mass is 499 g/mol. The number of nitrogens with two attached hydrogens (primary N) is 1. The number of likely N-dealkylation sites (N-methyl/N-ethyl adjacent to an activating group) is 1. The molecule has 0 bridgehead atoms. The molecular formula is C23H23BrFN5O2. The molecule has 1 aliphatic rings. The Morgan fingerprint density at radius 3 is 2.66 bits per heavy atom. The van der Waals surface area contributed by atoms with Crippen LogP contribution in [0.25, 0.3) is 11.1 Å². The summed E-state index contributed by atoms with van der Waals surface area (Å²) in [5, 5.41) is 3.04. The fourth-order valence-corrected chi connectivity index (χ4v) is 3.93. The summed E-state index contributed by atoms with van der Waals surface area (Å²) in [6.45, 7) is 1.82. The third-order valence-electron chi connectivity index (χ3n) is 5.37. The van der Waals surface area contributed by atoms with Gasteiger partial charge in [-0.15, -0.1) is 0 Å². The second-order valence-electron chi connectivity index (χ2n) is 7.80. The number of ether oxygens (including phenoxy) is 1. The number of nitrogen functional groups attached to an aromatic ring is 1. The van der Waals surface area contributed by atoms with E-state index < -0.39 is 5.95 Å². The molecule has 2 atom stereocenters. The molecule has 1 aliphatic heterocycles. The van der Waals surface area contributed by atoms with E-state index in [1.165, 1.54) is 18.5 Å². The average molecular weight is 500 g/mol. The van der Waals surface area contributed by atoms with Crippen LogP contribution in [0.4, 0.5) is 10.2 Å². The second-order valence-corrected chi connectivity index (χ2v) is 8.72. The maximum atomic E-state index is 13.1. The van der Waals surface area contributed by atoms with Crippen LogP contribution in [0.1, 0.15) is 15.9 Å². The number of halogens is 2. The highest BCUT2D eigenvalue weighted by Gasteiger charge is 2.33. The predicted molar refractivity (Wildman–Crippen MR) is 123 cm³/mol. The van der Waals surface area contributed by atoms with Crippen molar-refractivity contribution < 1.29 is 13.9 Å². The number of pyridine rings is 2. The van der Waals surface area contributed by atoms with Gasteiger partial charge in [-0.05, 0) is 42.9 Å². The fraction of sp³-hybridized carbons (Fsp3) is 0.261. The van der Waals surface area contributed by atoms with E-state index >= 15 is 0 Å². The molecule has 4 rings (SSSR count). The molecule has 0 unspecified atom stereocenters. The van der Waals surface area contributed by atoms with E-state index in [9.17, 15) is 9.18 Å². The molecule has 0 radical (unpaired) electrons. The highest BCUT2D eigenvalue weighted by molar-refractivity contribution is 9.10. The third kappa shape index (κ3) is 5.29. The van der Waals surface area contributed by atoms with Gasteiger partial charge < -0.3 is 20.7 Å². The lowest BCUT2D eigenvalue weighted by atomic mass is 10.1.